The molecule has 0 radical (unpaired) electrons. The zero-order chi connectivity index (χ0) is 19.1. The Labute approximate surface area is 154 Å². The number of methoxy groups -OCH3 is 1. The zero-order valence-electron chi connectivity index (χ0n) is 16.2. The molecule has 3 rings (SSSR count). The third kappa shape index (κ3) is 3.41. The Balaban J connectivity index is 1.95. The monoisotopic (exact) mass is 356 g/mol. The topological polar surface area (TPSA) is 62.6 Å². The summed E-state index contributed by atoms with van der Waals surface area (Å²) in [5.41, 5.74) is 1.52. The van der Waals surface area contributed by atoms with Crippen LogP contribution in [0.3, 0.4) is 0 Å². The molecule has 1 aliphatic heterocycles. The fraction of sp³-hybridized carbons (Fsp3) is 0.474. The number of ether oxygens (including phenoxy) is 1. The van der Waals surface area contributed by atoms with Gasteiger partial charge in [0.25, 0.3) is 5.56 Å². The molecular formula is C19H25BN2O4. The van der Waals surface area contributed by atoms with Crippen molar-refractivity contribution in [1.82, 2.24) is 9.78 Å². The van der Waals surface area contributed by atoms with Crippen molar-refractivity contribution < 1.29 is 14.0 Å². The predicted octanol–water partition coefficient (Wildman–Crippen LogP) is 1.91. The van der Waals surface area contributed by atoms with Crippen LogP contribution in [0, 0.1) is 6.92 Å². The molecule has 1 aromatic carbocycles. The number of hydrogen-bond donors (Lipinski definition) is 0. The molecule has 0 atom stereocenters. The zero-order valence-corrected chi connectivity index (χ0v) is 16.2. The van der Waals surface area contributed by atoms with Crippen molar-refractivity contribution in [2.24, 2.45) is 0 Å². The van der Waals surface area contributed by atoms with E-state index in [4.69, 9.17) is 14.0 Å². The quantitative estimate of drug-likeness (QED) is 0.784. The van der Waals surface area contributed by atoms with E-state index in [-0.39, 0.29) is 5.56 Å². The van der Waals surface area contributed by atoms with Gasteiger partial charge in [-0.2, -0.15) is 5.10 Å². The van der Waals surface area contributed by atoms with Gasteiger partial charge in [-0.15, -0.1) is 0 Å². The largest absolute Gasteiger partial charge is 0.498 e. The number of nitrogens with zero attached hydrogens (tertiary/aromatic N) is 2. The lowest BCUT2D eigenvalue weighted by Gasteiger charge is -2.32. The molecule has 0 amide bonds. The summed E-state index contributed by atoms with van der Waals surface area (Å²) in [5, 5.41) is 4.29. The molecule has 1 aliphatic rings. The minimum atomic E-state index is -0.530. The minimum absolute atomic E-state index is 0.136. The Kier molecular flexibility index (Phi) is 4.71. The maximum atomic E-state index is 12.0. The molecule has 138 valence electrons. The second-order valence-electron chi connectivity index (χ2n) is 7.64. The molecule has 6 nitrogen and oxygen atoms in total. The standard InChI is InChI=1S/C19H25BN2O4/c1-13-7-10-17(23)22(21-13)12-14-8-9-16(24-6)15(11-14)20-25-18(2,3)19(4,5)26-20/h7-11H,12H2,1-6H3. The molecule has 0 saturated carbocycles. The van der Waals surface area contributed by atoms with E-state index in [1.165, 1.54) is 10.7 Å². The summed E-state index contributed by atoms with van der Waals surface area (Å²) in [5.74, 6) is 0.691. The lowest BCUT2D eigenvalue weighted by atomic mass is 9.77. The van der Waals surface area contributed by atoms with Gasteiger partial charge in [0.15, 0.2) is 0 Å². The van der Waals surface area contributed by atoms with Gasteiger partial charge >= 0.3 is 7.12 Å². The highest BCUT2D eigenvalue weighted by Gasteiger charge is 2.52. The van der Waals surface area contributed by atoms with Gasteiger partial charge in [-0.1, -0.05) is 12.1 Å². The lowest BCUT2D eigenvalue weighted by molar-refractivity contribution is 0.00578. The van der Waals surface area contributed by atoms with E-state index < -0.39 is 18.3 Å². The van der Waals surface area contributed by atoms with Crippen LogP contribution in [0.2, 0.25) is 0 Å². The van der Waals surface area contributed by atoms with Crippen LogP contribution in [0.5, 0.6) is 5.75 Å². The summed E-state index contributed by atoms with van der Waals surface area (Å²) in [6, 6.07) is 8.99. The first-order chi connectivity index (χ1) is 12.1. The van der Waals surface area contributed by atoms with Gasteiger partial charge in [-0.05, 0) is 52.3 Å². The van der Waals surface area contributed by atoms with Crippen molar-refractivity contribution in [3.63, 3.8) is 0 Å². The van der Waals surface area contributed by atoms with Gasteiger partial charge in [-0.25, -0.2) is 4.68 Å². The van der Waals surface area contributed by atoms with Crippen LogP contribution in [-0.2, 0) is 15.9 Å². The Morgan fingerprint density at radius 1 is 1.12 bits per heavy atom. The van der Waals surface area contributed by atoms with Gasteiger partial charge in [0.05, 0.1) is 30.6 Å². The SMILES string of the molecule is COc1ccc(Cn2nc(C)ccc2=O)cc1B1OC(C)(C)C(C)(C)O1. The van der Waals surface area contributed by atoms with E-state index in [0.717, 1.165) is 16.7 Å². The van der Waals surface area contributed by atoms with Crippen LogP contribution in [-0.4, -0.2) is 35.2 Å². The van der Waals surface area contributed by atoms with Gasteiger partial charge in [0, 0.05) is 11.5 Å². The highest BCUT2D eigenvalue weighted by Crippen LogP contribution is 2.37. The highest BCUT2D eigenvalue weighted by molar-refractivity contribution is 6.63. The van der Waals surface area contributed by atoms with Gasteiger partial charge in [-0.3, -0.25) is 4.79 Å². The Bertz CT molecular complexity index is 860. The fourth-order valence-corrected chi connectivity index (χ4v) is 2.87. The third-order valence-electron chi connectivity index (χ3n) is 5.13. The molecule has 2 heterocycles. The van der Waals surface area contributed by atoms with Crippen LogP contribution >= 0.6 is 0 Å². The third-order valence-corrected chi connectivity index (χ3v) is 5.13. The van der Waals surface area contributed by atoms with E-state index in [9.17, 15) is 4.79 Å². The van der Waals surface area contributed by atoms with Crippen LogP contribution < -0.4 is 15.8 Å². The first kappa shape index (κ1) is 18.7. The van der Waals surface area contributed by atoms with Crippen molar-refractivity contribution in [2.75, 3.05) is 7.11 Å². The average Bonchev–Trinajstić information content (AvgIpc) is 2.79. The van der Waals surface area contributed by atoms with Gasteiger partial charge in [0.2, 0.25) is 0 Å². The molecule has 0 aliphatic carbocycles. The normalized spacial score (nSPS) is 18.2. The van der Waals surface area contributed by atoms with Crippen molar-refractivity contribution in [1.29, 1.82) is 0 Å². The molecule has 1 saturated heterocycles. The van der Waals surface area contributed by atoms with E-state index in [0.29, 0.717) is 12.3 Å². The number of aryl methyl sites for hydroxylation is 1. The maximum absolute atomic E-state index is 12.0. The Hall–Kier alpha value is -2.12. The van der Waals surface area contributed by atoms with E-state index in [1.807, 2.05) is 52.8 Å². The van der Waals surface area contributed by atoms with Crippen LogP contribution in [0.25, 0.3) is 0 Å². The fourth-order valence-electron chi connectivity index (χ4n) is 2.87. The van der Waals surface area contributed by atoms with Gasteiger partial charge < -0.3 is 14.0 Å². The van der Waals surface area contributed by atoms with Crippen molar-refractivity contribution in [3.8, 4) is 5.75 Å². The van der Waals surface area contributed by atoms with Crippen molar-refractivity contribution >= 4 is 12.6 Å². The summed E-state index contributed by atoms with van der Waals surface area (Å²) in [6.45, 7) is 10.3. The molecular weight excluding hydrogens is 331 g/mol. The van der Waals surface area contributed by atoms with Gasteiger partial charge in [0.1, 0.15) is 5.75 Å². The molecule has 0 unspecified atom stereocenters. The van der Waals surface area contributed by atoms with E-state index in [1.54, 1.807) is 13.2 Å². The Morgan fingerprint density at radius 3 is 2.38 bits per heavy atom. The number of benzene rings is 1. The highest BCUT2D eigenvalue weighted by atomic mass is 16.7. The van der Waals surface area contributed by atoms with Crippen molar-refractivity contribution in [3.05, 3.63) is 51.9 Å². The minimum Gasteiger partial charge on any atom is -0.497 e. The summed E-state index contributed by atoms with van der Waals surface area (Å²) in [6.07, 6.45) is 0. The Morgan fingerprint density at radius 2 is 1.77 bits per heavy atom. The van der Waals surface area contributed by atoms with Crippen LogP contribution in [0.15, 0.2) is 35.1 Å². The number of rotatable bonds is 4. The first-order valence-corrected chi connectivity index (χ1v) is 8.70. The summed E-state index contributed by atoms with van der Waals surface area (Å²) in [4.78, 5) is 12.0. The average molecular weight is 356 g/mol. The smallest absolute Gasteiger partial charge is 0.497 e. The summed E-state index contributed by atoms with van der Waals surface area (Å²) < 4.78 is 19.3. The predicted molar refractivity (Wildman–Crippen MR) is 101 cm³/mol. The molecule has 0 N–H and O–H groups in total. The van der Waals surface area contributed by atoms with Crippen LogP contribution in [0.4, 0.5) is 0 Å². The second-order valence-corrected chi connectivity index (χ2v) is 7.64. The molecule has 7 heteroatoms. The van der Waals surface area contributed by atoms with Crippen molar-refractivity contribution in [2.45, 2.75) is 52.4 Å². The first-order valence-electron chi connectivity index (χ1n) is 8.70. The molecule has 1 aromatic heterocycles. The lowest BCUT2D eigenvalue weighted by Crippen LogP contribution is -2.41. The molecule has 26 heavy (non-hydrogen) atoms. The molecule has 1 fully saturated rings. The summed E-state index contributed by atoms with van der Waals surface area (Å²) >= 11 is 0. The van der Waals surface area contributed by atoms with E-state index >= 15 is 0 Å². The molecule has 0 bridgehead atoms. The number of aromatic nitrogens is 2. The molecule has 0 spiro atoms. The maximum Gasteiger partial charge on any atom is 0.498 e. The number of hydrogen-bond acceptors (Lipinski definition) is 5. The van der Waals surface area contributed by atoms with Crippen LogP contribution in [0.1, 0.15) is 39.0 Å². The second kappa shape index (κ2) is 6.56. The molecule has 2 aromatic rings. The van der Waals surface area contributed by atoms with E-state index in [2.05, 4.69) is 5.10 Å². The summed E-state index contributed by atoms with van der Waals surface area (Å²) in [7, 11) is 1.09.